The van der Waals surface area contributed by atoms with Gasteiger partial charge in [-0.2, -0.15) is 0 Å². The topological polar surface area (TPSA) is 144 Å². The summed E-state index contributed by atoms with van der Waals surface area (Å²) in [5.41, 5.74) is 5.14. The molecule has 1 atom stereocenters. The third kappa shape index (κ3) is 9.62. The van der Waals surface area contributed by atoms with Crippen molar-refractivity contribution in [2.75, 3.05) is 0 Å². The van der Waals surface area contributed by atoms with E-state index < -0.39 is 23.9 Å². The molecule has 0 saturated carbocycles. The van der Waals surface area contributed by atoms with E-state index in [1.165, 1.54) is 6.92 Å². The average molecular weight is 325 g/mol. The van der Waals surface area contributed by atoms with Crippen molar-refractivity contribution in [1.29, 1.82) is 0 Å². The first-order chi connectivity index (χ1) is 10.6. The van der Waals surface area contributed by atoms with E-state index in [1.54, 1.807) is 19.1 Å². The zero-order valence-corrected chi connectivity index (χ0v) is 12.8. The number of carbonyl (C=O) groups excluding carboxylic acids is 2. The number of ether oxygens (including phenoxy) is 1. The summed E-state index contributed by atoms with van der Waals surface area (Å²) in [6.07, 6.45) is 0.155. The summed E-state index contributed by atoms with van der Waals surface area (Å²) in [5.74, 6) is -3.15. The number of aryl methyl sites for hydroxylation is 1. The van der Waals surface area contributed by atoms with Crippen molar-refractivity contribution < 1.29 is 34.1 Å². The molecule has 0 spiro atoms. The minimum Gasteiger partial charge on any atom is -0.483 e. The van der Waals surface area contributed by atoms with Gasteiger partial charge in [0.05, 0.1) is 0 Å². The summed E-state index contributed by atoms with van der Waals surface area (Å²) in [4.78, 5) is 39.9. The zero-order chi connectivity index (χ0) is 18.0. The van der Waals surface area contributed by atoms with Crippen LogP contribution in [0.5, 0.6) is 5.75 Å². The van der Waals surface area contributed by atoms with E-state index in [0.717, 1.165) is 5.56 Å². The van der Waals surface area contributed by atoms with Gasteiger partial charge in [0.25, 0.3) is 0 Å². The van der Waals surface area contributed by atoms with Crippen LogP contribution >= 0.6 is 0 Å². The third-order valence-corrected chi connectivity index (χ3v) is 2.65. The van der Waals surface area contributed by atoms with Gasteiger partial charge in [-0.05, 0) is 38.0 Å². The molecule has 0 radical (unpaired) electrons. The number of Topliss-reactive ketones (excluding diaryl/α,β-unsaturated/α-hetero) is 1. The Kier molecular flexibility index (Phi) is 8.68. The Morgan fingerprint density at radius 1 is 1.13 bits per heavy atom. The van der Waals surface area contributed by atoms with Gasteiger partial charge in [0.15, 0.2) is 11.9 Å². The van der Waals surface area contributed by atoms with Crippen molar-refractivity contribution >= 4 is 23.6 Å². The number of nitrogens with two attached hydrogens (primary N) is 1. The monoisotopic (exact) mass is 325 g/mol. The number of benzene rings is 1. The Balaban J connectivity index is 0.000000688. The van der Waals surface area contributed by atoms with Gasteiger partial charge >= 0.3 is 17.8 Å². The average Bonchev–Trinajstić information content (AvgIpc) is 2.46. The molecule has 0 aliphatic rings. The van der Waals surface area contributed by atoms with Gasteiger partial charge in [-0.1, -0.05) is 12.1 Å². The van der Waals surface area contributed by atoms with E-state index in [9.17, 15) is 19.2 Å². The quantitative estimate of drug-likeness (QED) is 0.650. The number of carboxylic acids is 2. The fourth-order valence-corrected chi connectivity index (χ4v) is 1.27. The minimum absolute atomic E-state index is 0.0278. The molecule has 8 nitrogen and oxygen atoms in total. The molecule has 0 heterocycles. The van der Waals surface area contributed by atoms with Crippen LogP contribution in [0.2, 0.25) is 0 Å². The summed E-state index contributed by atoms with van der Waals surface area (Å²) in [5, 5.41) is 16.1. The van der Waals surface area contributed by atoms with Crippen LogP contribution in [0.4, 0.5) is 0 Å². The smallest absolute Gasteiger partial charge is 0.394 e. The van der Waals surface area contributed by atoms with Crippen molar-refractivity contribution in [3.05, 3.63) is 29.8 Å². The van der Waals surface area contributed by atoms with Gasteiger partial charge in [-0.3, -0.25) is 14.4 Å². The lowest BCUT2D eigenvalue weighted by atomic mass is 10.1. The van der Waals surface area contributed by atoms with E-state index >= 15 is 0 Å². The zero-order valence-electron chi connectivity index (χ0n) is 12.8. The maximum atomic E-state index is 11.0. The van der Waals surface area contributed by atoms with Gasteiger partial charge in [0, 0.05) is 6.42 Å². The molecular formula is C15H19NO7. The summed E-state index contributed by atoms with van der Waals surface area (Å²) in [7, 11) is 0. The first-order valence-electron chi connectivity index (χ1n) is 6.64. The molecule has 0 saturated heterocycles. The first-order valence-corrected chi connectivity index (χ1v) is 6.64. The molecule has 1 amide bonds. The number of carbonyl (C=O) groups is 4. The van der Waals surface area contributed by atoms with Crippen LogP contribution in [0, 0.1) is 0 Å². The second-order valence-corrected chi connectivity index (χ2v) is 4.58. The van der Waals surface area contributed by atoms with Gasteiger partial charge in [0.1, 0.15) is 5.75 Å². The van der Waals surface area contributed by atoms with Crippen molar-refractivity contribution in [2.45, 2.75) is 32.8 Å². The van der Waals surface area contributed by atoms with Gasteiger partial charge in [-0.25, -0.2) is 4.79 Å². The summed E-state index contributed by atoms with van der Waals surface area (Å²) in [6, 6.07) is 7.11. The summed E-state index contributed by atoms with van der Waals surface area (Å²) in [6.45, 7) is 3.17. The van der Waals surface area contributed by atoms with Gasteiger partial charge < -0.3 is 20.7 Å². The lowest BCUT2D eigenvalue weighted by Crippen LogP contribution is -2.21. The molecular weight excluding hydrogens is 306 g/mol. The number of hydrogen-bond acceptors (Lipinski definition) is 5. The van der Waals surface area contributed by atoms with Crippen LogP contribution in [0.1, 0.15) is 25.8 Å². The maximum Gasteiger partial charge on any atom is 0.394 e. The Morgan fingerprint density at radius 3 is 1.96 bits per heavy atom. The van der Waals surface area contributed by atoms with E-state index in [4.69, 9.17) is 14.9 Å². The van der Waals surface area contributed by atoms with Gasteiger partial charge in [0.2, 0.25) is 0 Å². The minimum atomic E-state index is -1.60. The molecule has 1 rings (SSSR count). The fourth-order valence-electron chi connectivity index (χ4n) is 1.27. The van der Waals surface area contributed by atoms with Crippen molar-refractivity contribution in [2.24, 2.45) is 5.73 Å². The highest BCUT2D eigenvalue weighted by Gasteiger charge is 2.08. The van der Waals surface area contributed by atoms with E-state index in [1.807, 2.05) is 12.1 Å². The predicted octanol–water partition coefficient (Wildman–Crippen LogP) is 0.616. The van der Waals surface area contributed by atoms with Crippen LogP contribution in [-0.2, 0) is 25.6 Å². The first kappa shape index (κ1) is 20.1. The standard InChI is InChI=1S/C13H16O4.C2H3NO3/c1-9(14)10(2)17-12-6-3-11(4-7-12)5-8-13(15)16;3-1(4)2(5)6/h3-4,6-7,10H,5,8H2,1-2H3,(H,15,16);(H2,3,4)(H,5,6). The van der Waals surface area contributed by atoms with Crippen LogP contribution in [0.25, 0.3) is 0 Å². The largest absolute Gasteiger partial charge is 0.483 e. The van der Waals surface area contributed by atoms with Crippen molar-refractivity contribution in [3.63, 3.8) is 0 Å². The fraction of sp³-hybridized carbons (Fsp3) is 0.333. The highest BCUT2D eigenvalue weighted by Crippen LogP contribution is 2.15. The number of aliphatic carboxylic acids is 2. The second-order valence-electron chi connectivity index (χ2n) is 4.58. The maximum absolute atomic E-state index is 11.0. The normalized spacial score (nSPS) is 10.7. The molecule has 0 fully saturated rings. The third-order valence-electron chi connectivity index (χ3n) is 2.65. The Hall–Kier alpha value is -2.90. The molecule has 23 heavy (non-hydrogen) atoms. The highest BCUT2D eigenvalue weighted by atomic mass is 16.5. The second kappa shape index (κ2) is 9.93. The van der Waals surface area contributed by atoms with Crippen LogP contribution in [0.3, 0.4) is 0 Å². The number of hydrogen-bond donors (Lipinski definition) is 3. The number of primary amides is 1. The molecule has 1 aromatic carbocycles. The Labute approximate surface area is 132 Å². The SMILES string of the molecule is CC(=O)C(C)Oc1ccc(CCC(=O)O)cc1.NC(=O)C(=O)O. The summed E-state index contributed by atoms with van der Waals surface area (Å²) >= 11 is 0. The molecule has 8 heteroatoms. The van der Waals surface area contributed by atoms with E-state index in [-0.39, 0.29) is 12.2 Å². The molecule has 1 aromatic rings. The van der Waals surface area contributed by atoms with Crippen LogP contribution in [0.15, 0.2) is 24.3 Å². The molecule has 0 bridgehead atoms. The van der Waals surface area contributed by atoms with Crippen molar-refractivity contribution in [3.8, 4) is 5.75 Å². The highest BCUT2D eigenvalue weighted by molar-refractivity contribution is 6.30. The van der Waals surface area contributed by atoms with E-state index in [0.29, 0.717) is 12.2 Å². The molecule has 126 valence electrons. The molecule has 0 aromatic heterocycles. The Bertz CT molecular complexity index is 554. The van der Waals surface area contributed by atoms with Gasteiger partial charge in [-0.15, -0.1) is 0 Å². The number of carboxylic acid groups (broad SMARTS) is 2. The van der Waals surface area contributed by atoms with Crippen LogP contribution < -0.4 is 10.5 Å². The number of ketones is 1. The number of rotatable bonds is 6. The predicted molar refractivity (Wildman–Crippen MR) is 80.0 cm³/mol. The van der Waals surface area contributed by atoms with E-state index in [2.05, 4.69) is 5.73 Å². The molecule has 0 aliphatic heterocycles. The number of amides is 1. The van der Waals surface area contributed by atoms with Crippen molar-refractivity contribution in [1.82, 2.24) is 0 Å². The molecule has 4 N–H and O–H groups in total. The van der Waals surface area contributed by atoms with Crippen LogP contribution in [-0.4, -0.2) is 39.9 Å². The molecule has 0 aliphatic carbocycles. The lowest BCUT2D eigenvalue weighted by molar-refractivity contribution is -0.148. The summed E-state index contributed by atoms with van der Waals surface area (Å²) < 4.78 is 5.39. The lowest BCUT2D eigenvalue weighted by Gasteiger charge is -2.11. The molecule has 1 unspecified atom stereocenters. The Morgan fingerprint density at radius 2 is 1.61 bits per heavy atom.